The molecule has 3 aromatic rings. The van der Waals surface area contributed by atoms with Gasteiger partial charge in [0.15, 0.2) is 0 Å². The Kier molecular flexibility index (Phi) is 3.96. The first-order valence-corrected chi connectivity index (χ1v) is 7.05. The Morgan fingerprint density at radius 3 is 2.73 bits per heavy atom. The first-order chi connectivity index (χ1) is 10.7. The van der Waals surface area contributed by atoms with Crippen LogP contribution in [-0.4, -0.2) is 16.0 Å². The first-order valence-electron chi connectivity index (χ1n) is 7.05. The molecular weight excluding hydrogens is 276 g/mol. The highest BCUT2D eigenvalue weighted by molar-refractivity contribution is 5.90. The molecule has 1 aromatic carbocycles. The molecule has 1 atom stereocenters. The second kappa shape index (κ2) is 6.22. The summed E-state index contributed by atoms with van der Waals surface area (Å²) in [4.78, 5) is 20.5. The van der Waals surface area contributed by atoms with E-state index in [1.807, 2.05) is 49.4 Å². The van der Waals surface area contributed by atoms with Crippen LogP contribution in [0, 0.1) is 0 Å². The molecule has 3 rings (SSSR count). The number of hydrogen-bond acceptors (Lipinski definition) is 3. The van der Waals surface area contributed by atoms with E-state index in [0.29, 0.717) is 5.82 Å². The molecule has 2 amide bonds. The quantitative estimate of drug-likeness (QED) is 0.776. The van der Waals surface area contributed by atoms with Crippen molar-refractivity contribution in [2.45, 2.75) is 13.0 Å². The van der Waals surface area contributed by atoms with Gasteiger partial charge in [-0.1, -0.05) is 30.3 Å². The number of amides is 2. The molecule has 22 heavy (non-hydrogen) atoms. The largest absolute Gasteiger partial charge is 0.331 e. The highest BCUT2D eigenvalue weighted by Crippen LogP contribution is 2.14. The van der Waals surface area contributed by atoms with Crippen molar-refractivity contribution >= 4 is 22.8 Å². The molecule has 5 nitrogen and oxygen atoms in total. The van der Waals surface area contributed by atoms with Crippen molar-refractivity contribution in [2.75, 3.05) is 5.32 Å². The fourth-order valence-corrected chi connectivity index (χ4v) is 2.21. The van der Waals surface area contributed by atoms with E-state index >= 15 is 0 Å². The molecule has 2 N–H and O–H groups in total. The summed E-state index contributed by atoms with van der Waals surface area (Å²) in [5, 5.41) is 6.58. The van der Waals surface area contributed by atoms with Crippen LogP contribution in [0.2, 0.25) is 0 Å². The maximum atomic E-state index is 12.1. The Labute approximate surface area is 128 Å². The lowest BCUT2D eigenvalue weighted by Crippen LogP contribution is -2.31. The molecule has 0 saturated carbocycles. The zero-order chi connectivity index (χ0) is 15.4. The predicted octanol–water partition coefficient (Wildman–Crippen LogP) is 3.51. The number of hydrogen-bond donors (Lipinski definition) is 2. The van der Waals surface area contributed by atoms with Crippen molar-refractivity contribution in [1.82, 2.24) is 15.3 Å². The molecule has 0 aliphatic heterocycles. The van der Waals surface area contributed by atoms with Crippen molar-refractivity contribution in [2.24, 2.45) is 0 Å². The third-order valence-corrected chi connectivity index (χ3v) is 3.38. The van der Waals surface area contributed by atoms with Crippen LogP contribution in [0.1, 0.15) is 18.5 Å². The van der Waals surface area contributed by atoms with Gasteiger partial charge in [0.25, 0.3) is 0 Å². The number of nitrogens with zero attached hydrogens (tertiary/aromatic N) is 2. The predicted molar refractivity (Wildman–Crippen MR) is 86.5 cm³/mol. The van der Waals surface area contributed by atoms with Gasteiger partial charge < -0.3 is 5.32 Å². The third kappa shape index (κ3) is 3.20. The summed E-state index contributed by atoms with van der Waals surface area (Å²) in [6.45, 7) is 1.94. The van der Waals surface area contributed by atoms with Crippen LogP contribution in [0.4, 0.5) is 10.6 Å². The molecular formula is C17H16N4O. The van der Waals surface area contributed by atoms with E-state index in [1.54, 1.807) is 18.5 Å². The Morgan fingerprint density at radius 1 is 1.09 bits per heavy atom. The van der Waals surface area contributed by atoms with E-state index in [9.17, 15) is 4.79 Å². The van der Waals surface area contributed by atoms with Gasteiger partial charge in [0, 0.05) is 17.8 Å². The van der Waals surface area contributed by atoms with Crippen LogP contribution in [0.25, 0.3) is 10.9 Å². The van der Waals surface area contributed by atoms with Gasteiger partial charge in [-0.15, -0.1) is 0 Å². The molecule has 5 heteroatoms. The number of pyridine rings is 2. The lowest BCUT2D eigenvalue weighted by Gasteiger charge is -2.14. The molecule has 0 saturated heterocycles. The molecule has 0 bridgehead atoms. The van der Waals surface area contributed by atoms with Gasteiger partial charge in [0.2, 0.25) is 0 Å². The average Bonchev–Trinajstić information content (AvgIpc) is 2.55. The SMILES string of the molecule is C[C@H](NC(=O)Nc1ccc2cnccc2n1)c1ccccc1. The van der Waals surface area contributed by atoms with E-state index in [-0.39, 0.29) is 12.1 Å². The minimum atomic E-state index is -0.280. The molecule has 0 radical (unpaired) electrons. The lowest BCUT2D eigenvalue weighted by molar-refractivity contribution is 0.249. The van der Waals surface area contributed by atoms with Crippen LogP contribution in [0.5, 0.6) is 0 Å². The van der Waals surface area contributed by atoms with Crippen LogP contribution in [0.15, 0.2) is 60.9 Å². The molecule has 0 fully saturated rings. The normalized spacial score (nSPS) is 11.9. The van der Waals surface area contributed by atoms with Crippen molar-refractivity contribution < 1.29 is 4.79 Å². The summed E-state index contributed by atoms with van der Waals surface area (Å²) in [6.07, 6.45) is 3.42. The van der Waals surface area contributed by atoms with E-state index in [4.69, 9.17) is 0 Å². The molecule has 2 aromatic heterocycles. The van der Waals surface area contributed by atoms with Gasteiger partial charge in [0.05, 0.1) is 11.6 Å². The highest BCUT2D eigenvalue weighted by atomic mass is 16.2. The Bertz CT molecular complexity index is 789. The fraction of sp³-hybridized carbons (Fsp3) is 0.118. The number of anilines is 1. The second-order valence-electron chi connectivity index (χ2n) is 5.00. The Morgan fingerprint density at radius 2 is 1.91 bits per heavy atom. The fourth-order valence-electron chi connectivity index (χ4n) is 2.21. The summed E-state index contributed by atoms with van der Waals surface area (Å²) in [5.41, 5.74) is 1.85. The summed E-state index contributed by atoms with van der Waals surface area (Å²) in [5.74, 6) is 0.511. The third-order valence-electron chi connectivity index (χ3n) is 3.38. The van der Waals surface area contributed by atoms with E-state index in [0.717, 1.165) is 16.5 Å². The maximum Gasteiger partial charge on any atom is 0.320 e. The monoisotopic (exact) mass is 292 g/mol. The van der Waals surface area contributed by atoms with Crippen molar-refractivity contribution in [3.63, 3.8) is 0 Å². The van der Waals surface area contributed by atoms with Gasteiger partial charge in [-0.2, -0.15) is 0 Å². The molecule has 110 valence electrons. The molecule has 0 unspecified atom stereocenters. The average molecular weight is 292 g/mol. The van der Waals surface area contributed by atoms with Gasteiger partial charge in [-0.3, -0.25) is 10.3 Å². The van der Waals surface area contributed by atoms with Gasteiger partial charge >= 0.3 is 6.03 Å². The van der Waals surface area contributed by atoms with Gasteiger partial charge in [-0.05, 0) is 30.7 Å². The highest BCUT2D eigenvalue weighted by Gasteiger charge is 2.09. The Balaban J connectivity index is 1.68. The number of benzene rings is 1. The van der Waals surface area contributed by atoms with E-state index < -0.39 is 0 Å². The molecule has 0 aliphatic carbocycles. The van der Waals surface area contributed by atoms with E-state index in [2.05, 4.69) is 20.6 Å². The van der Waals surface area contributed by atoms with E-state index in [1.165, 1.54) is 0 Å². The molecule has 0 aliphatic rings. The minimum Gasteiger partial charge on any atom is -0.331 e. The minimum absolute atomic E-state index is 0.0779. The first kappa shape index (κ1) is 14.0. The number of fused-ring (bicyclic) bond motifs is 1. The Hall–Kier alpha value is -2.95. The lowest BCUT2D eigenvalue weighted by atomic mass is 10.1. The van der Waals surface area contributed by atoms with Gasteiger partial charge in [-0.25, -0.2) is 9.78 Å². The van der Waals surface area contributed by atoms with Gasteiger partial charge in [0.1, 0.15) is 5.82 Å². The number of rotatable bonds is 3. The zero-order valence-corrected chi connectivity index (χ0v) is 12.2. The summed E-state index contributed by atoms with van der Waals surface area (Å²) in [6, 6.07) is 14.9. The standard InChI is InChI=1S/C17H16N4O/c1-12(13-5-3-2-4-6-13)19-17(22)21-16-8-7-14-11-18-10-9-15(14)20-16/h2-12H,1H3,(H2,19,20,21,22)/t12-/m0/s1. The van der Waals surface area contributed by atoms with Crippen LogP contribution >= 0.6 is 0 Å². The van der Waals surface area contributed by atoms with Crippen molar-refractivity contribution in [3.05, 3.63) is 66.5 Å². The molecule has 0 spiro atoms. The van der Waals surface area contributed by atoms with Crippen LogP contribution in [0.3, 0.4) is 0 Å². The van der Waals surface area contributed by atoms with Crippen LogP contribution in [-0.2, 0) is 0 Å². The summed E-state index contributed by atoms with van der Waals surface area (Å²) in [7, 11) is 0. The number of carbonyl (C=O) groups is 1. The number of carbonyl (C=O) groups excluding carboxylic acids is 1. The van der Waals surface area contributed by atoms with Crippen molar-refractivity contribution in [1.29, 1.82) is 0 Å². The maximum absolute atomic E-state index is 12.1. The number of nitrogens with one attached hydrogen (secondary N) is 2. The van der Waals surface area contributed by atoms with Crippen molar-refractivity contribution in [3.8, 4) is 0 Å². The molecule has 2 heterocycles. The number of urea groups is 1. The topological polar surface area (TPSA) is 66.9 Å². The zero-order valence-electron chi connectivity index (χ0n) is 12.2. The smallest absolute Gasteiger partial charge is 0.320 e. The number of aromatic nitrogens is 2. The van der Waals surface area contributed by atoms with Crippen LogP contribution < -0.4 is 10.6 Å². The second-order valence-corrected chi connectivity index (χ2v) is 5.00. The summed E-state index contributed by atoms with van der Waals surface area (Å²) < 4.78 is 0. The summed E-state index contributed by atoms with van der Waals surface area (Å²) >= 11 is 0.